The molecule has 0 aromatic heterocycles. The molecule has 0 bridgehead atoms. The van der Waals surface area contributed by atoms with Crippen molar-refractivity contribution >= 4 is 12.0 Å². The lowest BCUT2D eigenvalue weighted by Crippen LogP contribution is -2.28. The van der Waals surface area contributed by atoms with Crippen molar-refractivity contribution in [3.8, 4) is 5.75 Å². The third kappa shape index (κ3) is 4.85. The quantitative estimate of drug-likeness (QED) is 0.636. The highest BCUT2D eigenvalue weighted by molar-refractivity contribution is 5.92. The summed E-state index contributed by atoms with van der Waals surface area (Å²) >= 11 is 0. The molecule has 0 saturated heterocycles. The summed E-state index contributed by atoms with van der Waals surface area (Å²) < 4.78 is 5.15. The van der Waals surface area contributed by atoms with E-state index in [1.807, 2.05) is 66.7 Å². The van der Waals surface area contributed by atoms with Gasteiger partial charge < -0.3 is 10.1 Å². The molecule has 3 nitrogen and oxygen atoms in total. The van der Waals surface area contributed by atoms with Crippen molar-refractivity contribution in [1.82, 2.24) is 5.32 Å². The van der Waals surface area contributed by atoms with Gasteiger partial charge in [-0.05, 0) is 47.4 Å². The minimum atomic E-state index is -0.194. The molecule has 27 heavy (non-hydrogen) atoms. The zero-order valence-corrected chi connectivity index (χ0v) is 15.6. The number of aryl methyl sites for hydroxylation is 1. The number of rotatable bonds is 6. The van der Waals surface area contributed by atoms with Crippen molar-refractivity contribution in [2.45, 2.75) is 13.0 Å². The number of hydrogen-bond acceptors (Lipinski definition) is 2. The van der Waals surface area contributed by atoms with Gasteiger partial charge in [0, 0.05) is 6.08 Å². The highest BCUT2D eigenvalue weighted by Crippen LogP contribution is 2.24. The Morgan fingerprint density at radius 3 is 2.26 bits per heavy atom. The highest BCUT2D eigenvalue weighted by Gasteiger charge is 2.17. The Kier molecular flexibility index (Phi) is 6.06. The van der Waals surface area contributed by atoms with Gasteiger partial charge in [-0.3, -0.25) is 4.79 Å². The van der Waals surface area contributed by atoms with Crippen LogP contribution in [0.5, 0.6) is 5.75 Å². The molecule has 0 aliphatic carbocycles. The number of carbonyl (C=O) groups is 1. The normalized spacial score (nSPS) is 11.9. The third-order valence-electron chi connectivity index (χ3n) is 4.46. The zero-order valence-electron chi connectivity index (χ0n) is 15.6. The maximum Gasteiger partial charge on any atom is 0.244 e. The number of benzene rings is 3. The van der Waals surface area contributed by atoms with Crippen LogP contribution in [-0.4, -0.2) is 13.0 Å². The van der Waals surface area contributed by atoms with Crippen LogP contribution in [0, 0.1) is 6.92 Å². The molecule has 3 aromatic rings. The molecular formula is C24H23NO2. The SMILES string of the molecule is COc1ccc(/C=C/C(=O)N[C@H](c2ccccc2)c2ccccc2C)cc1. The molecule has 3 rings (SSSR count). The molecule has 0 radical (unpaired) electrons. The lowest BCUT2D eigenvalue weighted by molar-refractivity contribution is -0.116. The van der Waals surface area contributed by atoms with Crippen molar-refractivity contribution in [2.24, 2.45) is 0 Å². The van der Waals surface area contributed by atoms with E-state index in [0.717, 1.165) is 28.0 Å². The standard InChI is InChI=1S/C24H23NO2/c1-18-8-6-7-11-22(18)24(20-9-4-3-5-10-20)25-23(26)17-14-19-12-15-21(27-2)16-13-19/h3-17,24H,1-2H3,(H,25,26)/b17-14+/t24-/m1/s1. The average Bonchev–Trinajstić information content (AvgIpc) is 2.72. The molecule has 0 unspecified atom stereocenters. The van der Waals surface area contributed by atoms with E-state index in [2.05, 4.69) is 24.4 Å². The van der Waals surface area contributed by atoms with Crippen LogP contribution in [0.4, 0.5) is 0 Å². The third-order valence-corrected chi connectivity index (χ3v) is 4.46. The maximum absolute atomic E-state index is 12.6. The van der Waals surface area contributed by atoms with Crippen molar-refractivity contribution in [3.63, 3.8) is 0 Å². The second kappa shape index (κ2) is 8.86. The molecule has 1 atom stereocenters. The molecule has 3 aromatic carbocycles. The summed E-state index contributed by atoms with van der Waals surface area (Å²) in [7, 11) is 1.63. The van der Waals surface area contributed by atoms with E-state index in [1.54, 1.807) is 19.3 Å². The average molecular weight is 357 g/mol. The number of nitrogens with one attached hydrogen (secondary N) is 1. The van der Waals surface area contributed by atoms with E-state index in [0.29, 0.717) is 0 Å². The Bertz CT molecular complexity index is 915. The van der Waals surface area contributed by atoms with Crippen molar-refractivity contribution < 1.29 is 9.53 Å². The monoisotopic (exact) mass is 357 g/mol. The number of hydrogen-bond donors (Lipinski definition) is 1. The molecule has 0 saturated carbocycles. The molecule has 1 amide bonds. The van der Waals surface area contributed by atoms with Gasteiger partial charge in [0.25, 0.3) is 0 Å². The van der Waals surface area contributed by atoms with Crippen LogP contribution in [0.1, 0.15) is 28.3 Å². The van der Waals surface area contributed by atoms with E-state index < -0.39 is 0 Å². The molecule has 0 spiro atoms. The van der Waals surface area contributed by atoms with Crippen LogP contribution in [0.25, 0.3) is 6.08 Å². The van der Waals surface area contributed by atoms with E-state index in [4.69, 9.17) is 4.74 Å². The second-order valence-corrected chi connectivity index (χ2v) is 6.32. The molecular weight excluding hydrogens is 334 g/mol. The summed E-state index contributed by atoms with van der Waals surface area (Å²) in [5, 5.41) is 3.13. The lowest BCUT2D eigenvalue weighted by Gasteiger charge is -2.21. The number of methoxy groups -OCH3 is 1. The van der Waals surface area contributed by atoms with Gasteiger partial charge in [-0.1, -0.05) is 66.7 Å². The molecule has 0 heterocycles. The Hall–Kier alpha value is -3.33. The molecule has 0 fully saturated rings. The molecule has 0 aliphatic rings. The zero-order chi connectivity index (χ0) is 19.1. The van der Waals surface area contributed by atoms with Crippen LogP contribution >= 0.6 is 0 Å². The summed E-state index contributed by atoms with van der Waals surface area (Å²) in [6.45, 7) is 2.06. The van der Waals surface area contributed by atoms with Crippen LogP contribution in [0.3, 0.4) is 0 Å². The van der Waals surface area contributed by atoms with Gasteiger partial charge in [-0.25, -0.2) is 0 Å². The van der Waals surface area contributed by atoms with E-state index >= 15 is 0 Å². The van der Waals surface area contributed by atoms with Crippen LogP contribution < -0.4 is 10.1 Å². The van der Waals surface area contributed by atoms with E-state index in [9.17, 15) is 4.79 Å². The van der Waals surface area contributed by atoms with Gasteiger partial charge in [0.15, 0.2) is 0 Å². The predicted molar refractivity (Wildman–Crippen MR) is 110 cm³/mol. The van der Waals surface area contributed by atoms with Gasteiger partial charge in [-0.15, -0.1) is 0 Å². The molecule has 1 N–H and O–H groups in total. The Morgan fingerprint density at radius 2 is 1.59 bits per heavy atom. The number of carbonyl (C=O) groups excluding carboxylic acids is 1. The molecule has 3 heteroatoms. The first-order valence-electron chi connectivity index (χ1n) is 8.90. The van der Waals surface area contributed by atoms with Crippen molar-refractivity contribution in [1.29, 1.82) is 0 Å². The summed E-state index contributed by atoms with van der Waals surface area (Å²) in [6.07, 6.45) is 3.37. The first-order chi connectivity index (χ1) is 13.2. The summed E-state index contributed by atoms with van der Waals surface area (Å²) in [5.74, 6) is 0.656. The molecule has 136 valence electrons. The van der Waals surface area contributed by atoms with Gasteiger partial charge in [0.2, 0.25) is 5.91 Å². The fraction of sp³-hybridized carbons (Fsp3) is 0.125. The molecule has 0 aliphatic heterocycles. The topological polar surface area (TPSA) is 38.3 Å². The smallest absolute Gasteiger partial charge is 0.244 e. The first-order valence-corrected chi connectivity index (χ1v) is 8.90. The van der Waals surface area contributed by atoms with Gasteiger partial charge >= 0.3 is 0 Å². The second-order valence-electron chi connectivity index (χ2n) is 6.32. The van der Waals surface area contributed by atoms with Gasteiger partial charge in [-0.2, -0.15) is 0 Å². The Balaban J connectivity index is 1.80. The predicted octanol–water partition coefficient (Wildman–Crippen LogP) is 4.92. The van der Waals surface area contributed by atoms with Crippen LogP contribution in [0.2, 0.25) is 0 Å². The lowest BCUT2D eigenvalue weighted by atomic mass is 9.95. The highest BCUT2D eigenvalue weighted by atomic mass is 16.5. The van der Waals surface area contributed by atoms with Crippen LogP contribution in [0.15, 0.2) is 84.9 Å². The van der Waals surface area contributed by atoms with Gasteiger partial charge in [0.05, 0.1) is 13.2 Å². The number of ether oxygens (including phenoxy) is 1. The van der Waals surface area contributed by atoms with Crippen molar-refractivity contribution in [3.05, 3.63) is 107 Å². The summed E-state index contributed by atoms with van der Waals surface area (Å²) in [5.41, 5.74) is 4.23. The summed E-state index contributed by atoms with van der Waals surface area (Å²) in [4.78, 5) is 12.6. The first kappa shape index (κ1) is 18.5. The minimum Gasteiger partial charge on any atom is -0.497 e. The Labute approximate surface area is 160 Å². The minimum absolute atomic E-state index is 0.136. The largest absolute Gasteiger partial charge is 0.497 e. The maximum atomic E-state index is 12.6. The Morgan fingerprint density at radius 1 is 0.926 bits per heavy atom. The summed E-state index contributed by atoms with van der Waals surface area (Å²) in [6, 6.07) is 25.5. The number of amides is 1. The van der Waals surface area contributed by atoms with E-state index in [1.165, 1.54) is 0 Å². The van der Waals surface area contributed by atoms with E-state index in [-0.39, 0.29) is 11.9 Å². The van der Waals surface area contributed by atoms with Crippen molar-refractivity contribution in [2.75, 3.05) is 7.11 Å². The fourth-order valence-electron chi connectivity index (χ4n) is 2.97. The van der Waals surface area contributed by atoms with Gasteiger partial charge in [0.1, 0.15) is 5.75 Å². The van der Waals surface area contributed by atoms with Crippen LogP contribution in [-0.2, 0) is 4.79 Å². The fourth-order valence-corrected chi connectivity index (χ4v) is 2.97.